The summed E-state index contributed by atoms with van der Waals surface area (Å²) in [7, 11) is 3.20. The van der Waals surface area contributed by atoms with Crippen molar-refractivity contribution >= 4 is 34.9 Å². The summed E-state index contributed by atoms with van der Waals surface area (Å²) in [6.45, 7) is 4.77. The second-order valence-electron chi connectivity index (χ2n) is 12.1. The normalized spacial score (nSPS) is 17.1. The number of carboxylic acid groups (broad SMARTS) is 1. The molecule has 0 radical (unpaired) electrons. The number of nitrogens with zero attached hydrogens (tertiary/aromatic N) is 4. The van der Waals surface area contributed by atoms with Crippen molar-refractivity contribution in [1.82, 2.24) is 30.9 Å². The summed E-state index contributed by atoms with van der Waals surface area (Å²) < 4.78 is 11.3. The van der Waals surface area contributed by atoms with Crippen molar-refractivity contribution in [2.75, 3.05) is 32.2 Å². The lowest BCUT2D eigenvalue weighted by Gasteiger charge is -2.21. The summed E-state index contributed by atoms with van der Waals surface area (Å²) >= 11 is 14.2. The average molecular weight is 693 g/mol. The van der Waals surface area contributed by atoms with Crippen molar-refractivity contribution in [3.8, 4) is 34.1 Å². The fraction of sp³-hybridized carbons (Fsp3) is 0.371. The van der Waals surface area contributed by atoms with Gasteiger partial charge in [-0.1, -0.05) is 59.6 Å². The number of benzene rings is 2. The van der Waals surface area contributed by atoms with Gasteiger partial charge in [-0.25, -0.2) is 9.97 Å². The van der Waals surface area contributed by atoms with Crippen LogP contribution >= 0.6 is 23.2 Å². The zero-order chi connectivity index (χ0) is 33.8. The van der Waals surface area contributed by atoms with E-state index in [0.717, 1.165) is 45.7 Å². The quantitative estimate of drug-likeness (QED) is 0.143. The molecule has 2 atom stereocenters. The number of hydrogen-bond donors (Lipinski definition) is 4. The molecule has 2 aliphatic rings. The average Bonchev–Trinajstić information content (AvgIpc) is 3.70. The molecule has 252 valence electrons. The van der Waals surface area contributed by atoms with E-state index in [9.17, 15) is 4.79 Å². The van der Waals surface area contributed by atoms with Gasteiger partial charge in [-0.05, 0) is 31.9 Å². The Kier molecular flexibility index (Phi) is 10.6. The Balaban J connectivity index is 1.22. The monoisotopic (exact) mass is 691 g/mol. The first kappa shape index (κ1) is 33.9. The van der Waals surface area contributed by atoms with Gasteiger partial charge in [-0.15, -0.1) is 0 Å². The molecular weight excluding hydrogens is 653 g/mol. The number of aromatic nitrogens is 3. The molecule has 4 aromatic rings. The van der Waals surface area contributed by atoms with Gasteiger partial charge in [0.2, 0.25) is 11.8 Å². The highest BCUT2D eigenvalue weighted by molar-refractivity contribution is 6.39. The van der Waals surface area contributed by atoms with E-state index in [1.54, 1.807) is 14.2 Å². The van der Waals surface area contributed by atoms with E-state index in [1.165, 1.54) is 12.8 Å². The second-order valence-corrected chi connectivity index (χ2v) is 12.8. The van der Waals surface area contributed by atoms with Crippen molar-refractivity contribution in [2.45, 2.75) is 58.0 Å². The fourth-order valence-electron chi connectivity index (χ4n) is 6.38. The van der Waals surface area contributed by atoms with Gasteiger partial charge in [0.05, 0.1) is 73.1 Å². The van der Waals surface area contributed by atoms with Crippen molar-refractivity contribution in [1.29, 1.82) is 0 Å². The van der Waals surface area contributed by atoms with Gasteiger partial charge >= 0.3 is 5.97 Å². The largest absolute Gasteiger partial charge is 0.481 e. The first-order valence-electron chi connectivity index (χ1n) is 15.9. The number of nitrogens with one attached hydrogen (secondary N) is 3. The number of halogens is 2. The fourth-order valence-corrected chi connectivity index (χ4v) is 7.05. The van der Waals surface area contributed by atoms with Crippen LogP contribution in [0, 0.1) is 0 Å². The lowest BCUT2D eigenvalue weighted by molar-refractivity contribution is -0.136. The number of methoxy groups -OCH3 is 2. The van der Waals surface area contributed by atoms with E-state index in [2.05, 4.69) is 37.7 Å². The number of carbonyl (C=O) groups is 1. The molecule has 6 rings (SSSR count). The molecule has 1 fully saturated rings. The van der Waals surface area contributed by atoms with Crippen LogP contribution in [0.25, 0.3) is 22.4 Å². The Hall–Kier alpha value is -4.00. The van der Waals surface area contributed by atoms with Crippen LogP contribution in [0.4, 0.5) is 5.69 Å². The maximum absolute atomic E-state index is 10.9. The van der Waals surface area contributed by atoms with Gasteiger partial charge < -0.3 is 30.1 Å². The summed E-state index contributed by atoms with van der Waals surface area (Å²) in [4.78, 5) is 27.0. The van der Waals surface area contributed by atoms with Gasteiger partial charge in [0.1, 0.15) is 5.82 Å². The van der Waals surface area contributed by atoms with Gasteiger partial charge in [0, 0.05) is 47.4 Å². The summed E-state index contributed by atoms with van der Waals surface area (Å²) in [5.41, 5.74) is 6.52. The predicted octanol–water partition coefficient (Wildman–Crippen LogP) is 5.45. The molecule has 4 N–H and O–H groups in total. The van der Waals surface area contributed by atoms with Crippen LogP contribution in [0.3, 0.4) is 0 Å². The van der Waals surface area contributed by atoms with Crippen molar-refractivity contribution < 1.29 is 19.4 Å². The van der Waals surface area contributed by atoms with Crippen LogP contribution in [-0.4, -0.2) is 65.4 Å². The summed E-state index contributed by atoms with van der Waals surface area (Å²) in [6.07, 6.45) is 2.38. The minimum Gasteiger partial charge on any atom is -0.481 e. The molecule has 0 saturated carbocycles. The van der Waals surface area contributed by atoms with Crippen LogP contribution < -0.4 is 30.3 Å². The molecular formula is C35H39Cl2N7O4. The lowest BCUT2D eigenvalue weighted by Crippen LogP contribution is -2.36. The Bertz CT molecular complexity index is 1810. The Morgan fingerprint density at radius 3 is 2.40 bits per heavy atom. The highest BCUT2D eigenvalue weighted by atomic mass is 35.5. The highest BCUT2D eigenvalue weighted by Crippen LogP contribution is 2.44. The maximum atomic E-state index is 10.9. The van der Waals surface area contributed by atoms with Crippen LogP contribution in [0.15, 0.2) is 48.5 Å². The molecule has 2 aromatic carbocycles. The molecule has 2 aliphatic heterocycles. The minimum atomic E-state index is -0.950. The second kappa shape index (κ2) is 15.0. The molecule has 2 unspecified atom stereocenters. The smallest absolute Gasteiger partial charge is 0.317 e. The maximum Gasteiger partial charge on any atom is 0.317 e. The molecule has 0 aliphatic carbocycles. The number of pyridine rings is 1. The summed E-state index contributed by atoms with van der Waals surface area (Å²) in [6, 6.07) is 16.8. The molecule has 11 nitrogen and oxygen atoms in total. The SMILES string of the molecule is COc1nc(-c2cccc(-c3cccc(N4Cc5nc(CNCC(=O)O)nc(OC)c5C4)c3Cl)c2Cl)ccc1CNCC1CCC(C)N1. The lowest BCUT2D eigenvalue weighted by atomic mass is 10.00. The van der Waals surface area contributed by atoms with E-state index in [-0.39, 0.29) is 13.1 Å². The summed E-state index contributed by atoms with van der Waals surface area (Å²) in [5, 5.41) is 20.0. The first-order valence-corrected chi connectivity index (χ1v) is 16.7. The molecule has 1 saturated heterocycles. The Morgan fingerprint density at radius 1 is 0.917 bits per heavy atom. The summed E-state index contributed by atoms with van der Waals surface area (Å²) in [5.74, 6) is 0.529. The van der Waals surface area contributed by atoms with Crippen LogP contribution in [0.5, 0.6) is 11.8 Å². The predicted molar refractivity (Wildman–Crippen MR) is 187 cm³/mol. The van der Waals surface area contributed by atoms with Gasteiger partial charge in [-0.3, -0.25) is 10.1 Å². The third-order valence-electron chi connectivity index (χ3n) is 8.73. The molecule has 48 heavy (non-hydrogen) atoms. The minimum absolute atomic E-state index is 0.189. The van der Waals surface area contributed by atoms with Crippen molar-refractivity contribution in [3.05, 3.63) is 81.2 Å². The third-order valence-corrected chi connectivity index (χ3v) is 9.54. The standard InChI is InChI=1S/C35H39Cl2N7O4/c1-20-10-12-22(40-20)15-38-14-21-11-13-27(42-34(21)47-2)25-8-4-6-23(32(25)36)24-7-5-9-29(33(24)37)44-18-26-28(19-44)41-30(43-35(26)48-3)16-39-17-31(45)46/h4-9,11,13,20,22,38-40H,10,12,14-19H2,1-3H3,(H,45,46). The zero-order valence-corrected chi connectivity index (χ0v) is 28.7. The first-order chi connectivity index (χ1) is 23.2. The van der Waals surface area contributed by atoms with Crippen LogP contribution in [-0.2, 0) is 31.0 Å². The molecule has 0 bridgehead atoms. The van der Waals surface area contributed by atoms with Crippen LogP contribution in [0.2, 0.25) is 10.0 Å². The number of anilines is 1. The molecule has 0 spiro atoms. The van der Waals surface area contributed by atoms with Gasteiger partial charge in [0.15, 0.2) is 0 Å². The van der Waals surface area contributed by atoms with Gasteiger partial charge in [-0.2, -0.15) is 4.98 Å². The molecule has 13 heteroatoms. The number of rotatable bonds is 13. The molecule has 4 heterocycles. The van der Waals surface area contributed by atoms with Gasteiger partial charge in [0.25, 0.3) is 0 Å². The van der Waals surface area contributed by atoms with Crippen molar-refractivity contribution in [3.63, 3.8) is 0 Å². The third kappa shape index (κ3) is 7.35. The molecule has 2 aromatic heterocycles. The van der Waals surface area contributed by atoms with Crippen LogP contribution in [0.1, 0.15) is 42.4 Å². The van der Waals surface area contributed by atoms with E-state index in [0.29, 0.717) is 65.0 Å². The number of carboxylic acids is 1. The van der Waals surface area contributed by atoms with E-state index >= 15 is 0 Å². The highest BCUT2D eigenvalue weighted by Gasteiger charge is 2.28. The number of aliphatic carboxylic acids is 1. The number of hydrogen-bond acceptors (Lipinski definition) is 10. The number of ether oxygens (including phenoxy) is 2. The van der Waals surface area contributed by atoms with E-state index in [4.69, 9.17) is 42.8 Å². The Morgan fingerprint density at radius 2 is 1.67 bits per heavy atom. The topological polar surface area (TPSA) is 134 Å². The molecule has 0 amide bonds. The van der Waals surface area contributed by atoms with E-state index in [1.807, 2.05) is 48.5 Å². The number of fused-ring (bicyclic) bond motifs is 1. The van der Waals surface area contributed by atoms with E-state index < -0.39 is 5.97 Å². The van der Waals surface area contributed by atoms with Crippen molar-refractivity contribution in [2.24, 2.45) is 0 Å². The zero-order valence-electron chi connectivity index (χ0n) is 27.1. The Labute approximate surface area is 290 Å².